The maximum absolute atomic E-state index is 12.8. The van der Waals surface area contributed by atoms with Crippen LogP contribution in [0.1, 0.15) is 21.3 Å². The first-order chi connectivity index (χ1) is 10.7. The van der Waals surface area contributed by atoms with Crippen LogP contribution in [0.15, 0.2) is 42.6 Å². The highest BCUT2D eigenvalue weighted by Gasteiger charge is 2.32. The van der Waals surface area contributed by atoms with Crippen molar-refractivity contribution in [2.45, 2.75) is 5.37 Å². The van der Waals surface area contributed by atoms with E-state index in [4.69, 9.17) is 16.3 Å². The van der Waals surface area contributed by atoms with Crippen molar-refractivity contribution < 1.29 is 9.53 Å². The number of amides is 1. The Kier molecular flexibility index (Phi) is 4.55. The van der Waals surface area contributed by atoms with Gasteiger partial charge in [0.2, 0.25) is 5.88 Å². The topological polar surface area (TPSA) is 42.4 Å². The van der Waals surface area contributed by atoms with E-state index < -0.39 is 0 Å². The molecule has 1 aliphatic rings. The van der Waals surface area contributed by atoms with E-state index in [1.807, 2.05) is 29.2 Å². The van der Waals surface area contributed by atoms with E-state index in [9.17, 15) is 4.79 Å². The van der Waals surface area contributed by atoms with Gasteiger partial charge in [0.1, 0.15) is 10.9 Å². The summed E-state index contributed by atoms with van der Waals surface area (Å²) < 4.78 is 5.20. The van der Waals surface area contributed by atoms with Crippen molar-refractivity contribution in [3.8, 4) is 5.88 Å². The summed E-state index contributed by atoms with van der Waals surface area (Å²) in [5, 5.41) is 0.688. The molecule has 1 aromatic heterocycles. The summed E-state index contributed by atoms with van der Waals surface area (Å²) in [6.45, 7) is 0.703. The molecule has 1 atom stereocenters. The highest BCUT2D eigenvalue weighted by atomic mass is 35.5. The number of carbonyl (C=O) groups excluding carboxylic acids is 1. The molecule has 1 saturated heterocycles. The smallest absolute Gasteiger partial charge is 0.260 e. The Morgan fingerprint density at radius 2 is 2.14 bits per heavy atom. The molecule has 4 nitrogen and oxygen atoms in total. The Hall–Kier alpha value is -1.72. The summed E-state index contributed by atoms with van der Waals surface area (Å²) in [4.78, 5) is 18.8. The first-order valence-corrected chi connectivity index (χ1v) is 8.30. The SMILES string of the molecule is COc1ncccc1C(=O)N1CCSC1c1ccc(Cl)cc1. The summed E-state index contributed by atoms with van der Waals surface area (Å²) in [6.07, 6.45) is 1.62. The van der Waals surface area contributed by atoms with Crippen LogP contribution >= 0.6 is 23.4 Å². The van der Waals surface area contributed by atoms with Crippen molar-refractivity contribution in [1.29, 1.82) is 0 Å². The third kappa shape index (κ3) is 2.91. The van der Waals surface area contributed by atoms with Gasteiger partial charge in [-0.1, -0.05) is 23.7 Å². The summed E-state index contributed by atoms with van der Waals surface area (Å²) in [7, 11) is 1.52. The fourth-order valence-corrected chi connectivity index (χ4v) is 3.83. The Morgan fingerprint density at radius 3 is 2.86 bits per heavy atom. The van der Waals surface area contributed by atoms with Crippen LogP contribution in [-0.2, 0) is 0 Å². The number of hydrogen-bond acceptors (Lipinski definition) is 4. The number of benzene rings is 1. The van der Waals surface area contributed by atoms with Gasteiger partial charge in [0.15, 0.2) is 0 Å². The van der Waals surface area contributed by atoms with Gasteiger partial charge in [0.05, 0.1) is 7.11 Å². The van der Waals surface area contributed by atoms with Crippen LogP contribution in [0, 0.1) is 0 Å². The molecule has 0 N–H and O–H groups in total. The van der Waals surface area contributed by atoms with Crippen LogP contribution in [0.3, 0.4) is 0 Å². The van der Waals surface area contributed by atoms with Gasteiger partial charge in [-0.2, -0.15) is 0 Å². The summed E-state index contributed by atoms with van der Waals surface area (Å²) >= 11 is 7.69. The first-order valence-electron chi connectivity index (χ1n) is 6.88. The minimum atomic E-state index is -0.0603. The molecule has 114 valence electrons. The Bertz CT molecular complexity index is 678. The number of hydrogen-bond donors (Lipinski definition) is 0. The average Bonchev–Trinajstić information content (AvgIpc) is 3.04. The third-order valence-corrected chi connectivity index (χ3v) is 5.01. The fraction of sp³-hybridized carbons (Fsp3) is 0.250. The standard InChI is InChI=1S/C16H15ClN2O2S/c1-21-14-13(3-2-8-18-14)15(20)19-9-10-22-16(19)11-4-6-12(17)7-5-11/h2-8,16H,9-10H2,1H3. The quantitative estimate of drug-likeness (QED) is 0.859. The van der Waals surface area contributed by atoms with E-state index in [0.29, 0.717) is 23.0 Å². The lowest BCUT2D eigenvalue weighted by Crippen LogP contribution is -2.30. The molecule has 1 aliphatic heterocycles. The van der Waals surface area contributed by atoms with E-state index in [2.05, 4.69) is 4.98 Å². The first kappa shape index (κ1) is 15.2. The fourth-order valence-electron chi connectivity index (χ4n) is 2.45. The minimum absolute atomic E-state index is 0.00493. The van der Waals surface area contributed by atoms with Crippen LogP contribution in [0.2, 0.25) is 5.02 Å². The molecule has 0 radical (unpaired) electrons. The second-order valence-corrected chi connectivity index (χ2v) is 6.46. The van der Waals surface area contributed by atoms with Crippen LogP contribution in [0.4, 0.5) is 0 Å². The average molecular weight is 335 g/mol. The van der Waals surface area contributed by atoms with Gasteiger partial charge in [0.25, 0.3) is 5.91 Å². The lowest BCUT2D eigenvalue weighted by atomic mass is 10.1. The van der Waals surface area contributed by atoms with E-state index in [1.165, 1.54) is 7.11 Å². The van der Waals surface area contributed by atoms with E-state index >= 15 is 0 Å². The molecule has 1 aromatic carbocycles. The number of ether oxygens (including phenoxy) is 1. The molecule has 2 heterocycles. The molecule has 2 aromatic rings. The minimum Gasteiger partial charge on any atom is -0.480 e. The molecule has 0 saturated carbocycles. The maximum atomic E-state index is 12.8. The number of halogens is 1. The van der Waals surface area contributed by atoms with Gasteiger partial charge in [-0.25, -0.2) is 4.98 Å². The number of thioether (sulfide) groups is 1. The number of carbonyl (C=O) groups is 1. The summed E-state index contributed by atoms with van der Waals surface area (Å²) in [5.41, 5.74) is 1.56. The van der Waals surface area contributed by atoms with E-state index in [0.717, 1.165) is 11.3 Å². The van der Waals surface area contributed by atoms with Crippen molar-refractivity contribution >= 4 is 29.3 Å². The number of rotatable bonds is 3. The second-order valence-electron chi connectivity index (χ2n) is 4.83. The van der Waals surface area contributed by atoms with Gasteiger partial charge in [-0.05, 0) is 29.8 Å². The summed E-state index contributed by atoms with van der Waals surface area (Å²) in [5.74, 6) is 1.20. The van der Waals surface area contributed by atoms with Crippen LogP contribution < -0.4 is 4.74 Å². The molecule has 0 bridgehead atoms. The molecule has 1 amide bonds. The Morgan fingerprint density at radius 1 is 1.36 bits per heavy atom. The molecule has 0 aliphatic carbocycles. The predicted octanol–water partition coefficient (Wildman–Crippen LogP) is 3.63. The molecule has 22 heavy (non-hydrogen) atoms. The van der Waals surface area contributed by atoms with Gasteiger partial charge < -0.3 is 9.64 Å². The van der Waals surface area contributed by atoms with Crippen molar-refractivity contribution in [3.05, 3.63) is 58.7 Å². The van der Waals surface area contributed by atoms with Crippen molar-refractivity contribution in [3.63, 3.8) is 0 Å². The molecule has 0 spiro atoms. The normalized spacial score (nSPS) is 17.5. The highest BCUT2D eigenvalue weighted by molar-refractivity contribution is 7.99. The number of aromatic nitrogens is 1. The predicted molar refractivity (Wildman–Crippen MR) is 88.5 cm³/mol. The van der Waals surface area contributed by atoms with Crippen molar-refractivity contribution in [2.75, 3.05) is 19.4 Å². The third-order valence-electron chi connectivity index (χ3n) is 3.50. The van der Waals surface area contributed by atoms with Crippen molar-refractivity contribution in [2.24, 2.45) is 0 Å². The molecule has 1 unspecified atom stereocenters. The number of methoxy groups -OCH3 is 1. The van der Waals surface area contributed by atoms with Gasteiger partial charge in [-0.15, -0.1) is 11.8 Å². The van der Waals surface area contributed by atoms with Crippen LogP contribution in [0.25, 0.3) is 0 Å². The largest absolute Gasteiger partial charge is 0.480 e. The molecular formula is C16H15ClN2O2S. The monoisotopic (exact) mass is 334 g/mol. The molecule has 6 heteroatoms. The van der Waals surface area contributed by atoms with Crippen LogP contribution in [-0.4, -0.2) is 35.2 Å². The van der Waals surface area contributed by atoms with Crippen LogP contribution in [0.5, 0.6) is 5.88 Å². The zero-order chi connectivity index (χ0) is 15.5. The maximum Gasteiger partial charge on any atom is 0.260 e. The molecule has 3 rings (SSSR count). The zero-order valence-electron chi connectivity index (χ0n) is 12.0. The van der Waals surface area contributed by atoms with E-state index in [1.54, 1.807) is 30.1 Å². The molecule has 1 fully saturated rings. The number of nitrogens with zero attached hydrogens (tertiary/aromatic N) is 2. The second kappa shape index (κ2) is 6.58. The molecular weight excluding hydrogens is 320 g/mol. The highest BCUT2D eigenvalue weighted by Crippen LogP contribution is 2.39. The zero-order valence-corrected chi connectivity index (χ0v) is 13.6. The Balaban J connectivity index is 1.89. The van der Waals surface area contributed by atoms with Crippen molar-refractivity contribution in [1.82, 2.24) is 9.88 Å². The lowest BCUT2D eigenvalue weighted by molar-refractivity contribution is 0.0756. The summed E-state index contributed by atoms with van der Waals surface area (Å²) in [6, 6.07) is 11.1. The van der Waals surface area contributed by atoms with Gasteiger partial charge in [-0.3, -0.25) is 4.79 Å². The van der Waals surface area contributed by atoms with Gasteiger partial charge >= 0.3 is 0 Å². The Labute approximate surface area is 138 Å². The number of pyridine rings is 1. The lowest BCUT2D eigenvalue weighted by Gasteiger charge is -2.24. The van der Waals surface area contributed by atoms with Gasteiger partial charge in [0, 0.05) is 23.5 Å². The van der Waals surface area contributed by atoms with E-state index in [-0.39, 0.29) is 11.3 Å².